The highest BCUT2D eigenvalue weighted by Gasteiger charge is 2.47. The van der Waals surface area contributed by atoms with Crippen molar-refractivity contribution in [3.8, 4) is 0 Å². The molecule has 3 fully saturated rings. The minimum atomic E-state index is -1.17. The average molecular weight is 720 g/mol. The maximum Gasteiger partial charge on any atom is 0.308 e. The maximum atomic E-state index is 13.7. The summed E-state index contributed by atoms with van der Waals surface area (Å²) in [6, 6.07) is -0.631. The summed E-state index contributed by atoms with van der Waals surface area (Å²) >= 11 is 0. The Hall–Kier alpha value is -1.70. The van der Waals surface area contributed by atoms with Crippen molar-refractivity contribution in [3.05, 3.63) is 23.8 Å². The van der Waals surface area contributed by atoms with Gasteiger partial charge in [-0.05, 0) is 118 Å². The Kier molecular flexibility index (Phi) is 16.6. The minimum Gasteiger partial charge on any atom is -0.462 e. The van der Waals surface area contributed by atoms with Crippen LogP contribution in [-0.2, 0) is 23.8 Å². The number of aliphatic hydroxyl groups excluding tert-OH is 3. The van der Waals surface area contributed by atoms with Gasteiger partial charge in [-0.3, -0.25) is 9.59 Å². The van der Waals surface area contributed by atoms with Gasteiger partial charge in [0.05, 0.1) is 36.9 Å². The molecule has 11 heteroatoms. The number of rotatable bonds is 9. The lowest BCUT2D eigenvalue weighted by Gasteiger charge is -2.47. The second-order valence-corrected chi connectivity index (χ2v) is 16.2. The van der Waals surface area contributed by atoms with Crippen LogP contribution in [0.1, 0.15) is 92.4 Å². The molecule has 0 aromatic rings. The van der Waals surface area contributed by atoms with Gasteiger partial charge in [-0.25, -0.2) is 0 Å². The van der Waals surface area contributed by atoms with Gasteiger partial charge in [-0.15, -0.1) is 0 Å². The zero-order valence-electron chi connectivity index (χ0n) is 32.5. The summed E-state index contributed by atoms with van der Waals surface area (Å²) in [7, 11) is 3.60. The topological polar surface area (TPSA) is 132 Å². The van der Waals surface area contributed by atoms with Crippen LogP contribution >= 0.6 is 0 Å². The highest BCUT2D eigenvalue weighted by molar-refractivity contribution is 5.91. The molecule has 4 aliphatic rings. The van der Waals surface area contributed by atoms with Crippen LogP contribution < -0.4 is 0 Å². The fourth-order valence-corrected chi connectivity index (χ4v) is 8.65. The molecule has 4 rings (SSSR count). The van der Waals surface area contributed by atoms with E-state index in [9.17, 15) is 24.9 Å². The van der Waals surface area contributed by atoms with Gasteiger partial charge in [0.2, 0.25) is 0 Å². The number of aliphatic hydroxyl groups is 3. The molecule has 4 heterocycles. The van der Waals surface area contributed by atoms with Crippen LogP contribution in [0.15, 0.2) is 23.8 Å². The molecule has 3 N–H and O–H groups in total. The molecule has 0 radical (unpaired) electrons. The number of likely N-dealkylation sites (tertiary alicyclic amines) is 2. The van der Waals surface area contributed by atoms with Crippen molar-refractivity contribution in [1.82, 2.24) is 14.7 Å². The van der Waals surface area contributed by atoms with E-state index in [1.165, 1.54) is 6.42 Å². The van der Waals surface area contributed by atoms with Gasteiger partial charge in [0, 0.05) is 24.3 Å². The van der Waals surface area contributed by atoms with Crippen molar-refractivity contribution in [1.29, 1.82) is 0 Å². The minimum absolute atomic E-state index is 0.0256. The number of nitrogens with zero attached hydrogens (tertiary/aromatic N) is 3. The number of hydrogen-bond donors (Lipinski definition) is 3. The first-order valence-electron chi connectivity index (χ1n) is 19.8. The zero-order chi connectivity index (χ0) is 37.2. The number of piperidine rings is 1. The van der Waals surface area contributed by atoms with Gasteiger partial charge in [-0.1, -0.05) is 44.9 Å². The molecule has 0 spiro atoms. The van der Waals surface area contributed by atoms with Crippen molar-refractivity contribution < 1.29 is 39.1 Å². The summed E-state index contributed by atoms with van der Waals surface area (Å²) in [6.45, 7) is 15.3. The number of allylic oxidation sites excluding steroid dienone is 3. The zero-order valence-corrected chi connectivity index (χ0v) is 32.5. The summed E-state index contributed by atoms with van der Waals surface area (Å²) in [6.07, 6.45) is 7.24. The average Bonchev–Trinajstić information content (AvgIpc) is 3.61. The number of hydrogen-bond acceptors (Lipinski definition) is 11. The smallest absolute Gasteiger partial charge is 0.308 e. The van der Waals surface area contributed by atoms with E-state index in [4.69, 9.17) is 14.2 Å². The summed E-state index contributed by atoms with van der Waals surface area (Å²) in [5.41, 5.74) is 0.952. The van der Waals surface area contributed by atoms with Crippen LogP contribution in [0.4, 0.5) is 0 Å². The molecule has 4 aliphatic heterocycles. The normalized spacial score (nSPS) is 40.6. The van der Waals surface area contributed by atoms with Crippen LogP contribution in [0.3, 0.4) is 0 Å². The molecule has 51 heavy (non-hydrogen) atoms. The molecule has 0 bridgehead atoms. The lowest BCUT2D eigenvalue weighted by Crippen LogP contribution is -2.63. The predicted octanol–water partition coefficient (Wildman–Crippen LogP) is 3.79. The van der Waals surface area contributed by atoms with Crippen LogP contribution in [0, 0.1) is 23.7 Å². The van der Waals surface area contributed by atoms with Gasteiger partial charge in [-0.2, -0.15) is 0 Å². The van der Waals surface area contributed by atoms with E-state index in [0.717, 1.165) is 70.5 Å². The molecule has 11 nitrogen and oxygen atoms in total. The molecule has 3 saturated heterocycles. The van der Waals surface area contributed by atoms with E-state index >= 15 is 0 Å². The number of carbonyl (C=O) groups is 2. The van der Waals surface area contributed by atoms with Crippen molar-refractivity contribution in [2.75, 3.05) is 53.4 Å². The highest BCUT2D eigenvalue weighted by Crippen LogP contribution is 2.35. The quantitative estimate of drug-likeness (QED) is 0.301. The van der Waals surface area contributed by atoms with Crippen LogP contribution in [0.25, 0.3) is 0 Å². The molecule has 0 saturated carbocycles. The molecule has 0 unspecified atom stereocenters. The number of ether oxygens (including phenoxy) is 3. The van der Waals surface area contributed by atoms with Crippen LogP contribution in [-0.4, -0.2) is 144 Å². The lowest BCUT2D eigenvalue weighted by atomic mass is 9.79. The third-order valence-electron chi connectivity index (χ3n) is 11.9. The van der Waals surface area contributed by atoms with Gasteiger partial charge in [0.1, 0.15) is 12.2 Å². The van der Waals surface area contributed by atoms with Gasteiger partial charge in [0.15, 0.2) is 12.1 Å². The maximum absolute atomic E-state index is 13.7. The first-order valence-corrected chi connectivity index (χ1v) is 19.8. The van der Waals surface area contributed by atoms with Crippen molar-refractivity contribution in [2.24, 2.45) is 23.7 Å². The lowest BCUT2D eigenvalue weighted by molar-refractivity contribution is -0.304. The molecule has 0 amide bonds. The predicted molar refractivity (Wildman–Crippen MR) is 198 cm³/mol. The molecular weight excluding hydrogens is 650 g/mol. The largest absolute Gasteiger partial charge is 0.462 e. The van der Waals surface area contributed by atoms with Gasteiger partial charge in [0.25, 0.3) is 0 Å². The van der Waals surface area contributed by atoms with E-state index in [-0.39, 0.29) is 36.1 Å². The SMILES string of the molecule is CC[C@H]1OC(=O)C[C@@H](O)[C@H](C)[C@@H](O[C@@H]2O[C@H](C)[C@@H](O)[C@H](N(C)C)[C@H]2O)[C@@H](CCN2CCCCC2)C[C@@H](C)C(=O)/C=C/C(C)=C/[C@@H]1CN1CCCC1. The van der Waals surface area contributed by atoms with E-state index < -0.39 is 54.7 Å². The third kappa shape index (κ3) is 11.9. The Morgan fingerprint density at radius 1 is 0.922 bits per heavy atom. The molecule has 0 aromatic heterocycles. The van der Waals surface area contributed by atoms with Crippen molar-refractivity contribution in [2.45, 2.75) is 141 Å². The summed E-state index contributed by atoms with van der Waals surface area (Å²) in [5, 5.41) is 34.2. The van der Waals surface area contributed by atoms with Crippen LogP contribution in [0.2, 0.25) is 0 Å². The Morgan fingerprint density at radius 3 is 2.22 bits per heavy atom. The standard InChI is InChI=1S/C40H69N3O8/c1-8-34-31(25-43-19-12-13-20-43)22-26(2)14-15-32(44)27(3)23-30(16-21-42-17-10-9-11-18-42)39(28(4)33(45)24-35(46)50-34)51-40-38(48)36(41(6)7)37(47)29(5)49-40/h14-15,22,27-31,33-34,36-40,45,47-48H,8-13,16-21,23-25H2,1-7H3/b15-14+,26-22+/t27-,28+,29-,30+,31-,33-,34-,36+,37-,38-,39-,40+/m1/s1. The summed E-state index contributed by atoms with van der Waals surface area (Å²) < 4.78 is 19.0. The monoisotopic (exact) mass is 720 g/mol. The molecule has 0 aliphatic carbocycles. The highest BCUT2D eigenvalue weighted by atomic mass is 16.7. The fourth-order valence-electron chi connectivity index (χ4n) is 8.65. The number of carbonyl (C=O) groups excluding carboxylic acids is 2. The first-order chi connectivity index (χ1) is 24.3. The third-order valence-corrected chi connectivity index (χ3v) is 11.9. The summed E-state index contributed by atoms with van der Waals surface area (Å²) in [4.78, 5) is 34.0. The number of esters is 1. The number of cyclic esters (lactones) is 1. The molecule has 292 valence electrons. The molecule has 12 atom stereocenters. The number of ketones is 1. The second kappa shape index (κ2) is 20.1. The molecule has 0 aromatic carbocycles. The van der Waals surface area contributed by atoms with E-state index in [1.54, 1.807) is 32.0 Å². The van der Waals surface area contributed by atoms with E-state index in [1.807, 2.05) is 33.8 Å². The molecular formula is C40H69N3O8. The van der Waals surface area contributed by atoms with Gasteiger partial charge >= 0.3 is 5.97 Å². The van der Waals surface area contributed by atoms with Crippen molar-refractivity contribution >= 4 is 11.8 Å². The van der Waals surface area contributed by atoms with E-state index in [0.29, 0.717) is 19.3 Å². The number of likely N-dealkylation sites (N-methyl/N-ethyl adjacent to an activating group) is 1. The Balaban J connectivity index is 1.68. The Bertz CT molecular complexity index is 1150. The summed E-state index contributed by atoms with van der Waals surface area (Å²) in [5.74, 6) is -1.57. The van der Waals surface area contributed by atoms with Gasteiger partial charge < -0.3 is 44.2 Å². The van der Waals surface area contributed by atoms with E-state index in [2.05, 4.69) is 15.9 Å². The Morgan fingerprint density at radius 2 is 1.57 bits per heavy atom. The fraction of sp³-hybridized carbons (Fsp3) is 0.850. The first kappa shape index (κ1) is 42.0. The van der Waals surface area contributed by atoms with Crippen molar-refractivity contribution in [3.63, 3.8) is 0 Å². The Labute approximate surface area is 307 Å². The second-order valence-electron chi connectivity index (χ2n) is 16.2. The van der Waals surface area contributed by atoms with Crippen LogP contribution in [0.5, 0.6) is 0 Å².